The van der Waals surface area contributed by atoms with Crippen molar-refractivity contribution in [3.05, 3.63) is 40.6 Å². The number of aliphatic hydroxyl groups is 1. The molecule has 160 valence electrons. The van der Waals surface area contributed by atoms with Crippen LogP contribution in [0.1, 0.15) is 53.7 Å². The monoisotopic (exact) mass is 445 g/mol. The summed E-state index contributed by atoms with van der Waals surface area (Å²) in [5.41, 5.74) is 1.70. The summed E-state index contributed by atoms with van der Waals surface area (Å²) in [6.07, 6.45) is 4.13. The Hall–Kier alpha value is -1.90. The number of aliphatic hydroxyl groups excluding tert-OH is 1. The second kappa shape index (κ2) is 9.08. The Labute approximate surface area is 184 Å². The zero-order valence-electron chi connectivity index (χ0n) is 17.3. The van der Waals surface area contributed by atoms with Crippen LogP contribution in [-0.4, -0.2) is 34.4 Å². The Kier molecular flexibility index (Phi) is 6.46. The lowest BCUT2D eigenvalue weighted by Crippen LogP contribution is -2.46. The van der Waals surface area contributed by atoms with Gasteiger partial charge >= 0.3 is 0 Å². The molecule has 1 aliphatic carbocycles. The largest absolute Gasteiger partial charge is 0.451 e. The van der Waals surface area contributed by atoms with Gasteiger partial charge in [-0.25, -0.2) is 0 Å². The molecule has 0 bridgehead atoms. The quantitative estimate of drug-likeness (QED) is 0.460. The third kappa shape index (κ3) is 4.26. The number of amides is 1. The van der Waals surface area contributed by atoms with Gasteiger partial charge in [-0.15, -0.1) is 10.2 Å². The number of carbonyl (C=O) groups is 1. The molecule has 2 heterocycles. The van der Waals surface area contributed by atoms with Crippen LogP contribution in [0.25, 0.3) is 11.0 Å². The van der Waals surface area contributed by atoms with Gasteiger partial charge in [0.25, 0.3) is 5.91 Å². The third-order valence-corrected chi connectivity index (χ3v) is 8.31. The maximum absolute atomic E-state index is 13.1. The van der Waals surface area contributed by atoms with Gasteiger partial charge in [-0.1, -0.05) is 54.6 Å². The van der Waals surface area contributed by atoms with Crippen molar-refractivity contribution in [1.82, 2.24) is 15.5 Å². The number of thioether (sulfide) groups is 1. The van der Waals surface area contributed by atoms with Crippen LogP contribution in [-0.2, 0) is 5.75 Å². The molecule has 1 fully saturated rings. The van der Waals surface area contributed by atoms with Gasteiger partial charge < -0.3 is 14.8 Å². The average molecular weight is 446 g/mol. The standard InChI is InChI=1S/C22H27N3O3S2/c1-14(8-11-26)22(9-5-10-22)13-23-20(27)19-17(12-29-21-25-24-15(2)30-21)16-6-3-4-7-18(16)28-19/h3-4,6-7,14,26H,5,8-13H2,1-2H3,(H,23,27)/t14-/m1/s1. The SMILES string of the molecule is Cc1nnc(SCc2c(C(=O)NCC3([C@H](C)CCO)CCC3)oc3ccccc23)s1. The van der Waals surface area contributed by atoms with Crippen molar-refractivity contribution in [3.8, 4) is 0 Å². The smallest absolute Gasteiger partial charge is 0.287 e. The summed E-state index contributed by atoms with van der Waals surface area (Å²) in [6.45, 7) is 4.91. The van der Waals surface area contributed by atoms with E-state index < -0.39 is 0 Å². The first kappa shape index (κ1) is 21.3. The molecule has 0 aliphatic heterocycles. The minimum absolute atomic E-state index is 0.0867. The summed E-state index contributed by atoms with van der Waals surface area (Å²) in [5, 5.41) is 22.6. The maximum Gasteiger partial charge on any atom is 0.287 e. The molecule has 1 atom stereocenters. The van der Waals surface area contributed by atoms with Gasteiger partial charge in [0.1, 0.15) is 10.6 Å². The topological polar surface area (TPSA) is 88.2 Å². The van der Waals surface area contributed by atoms with E-state index in [-0.39, 0.29) is 17.9 Å². The number of hydrogen-bond donors (Lipinski definition) is 2. The summed E-state index contributed by atoms with van der Waals surface area (Å²) in [6, 6.07) is 7.76. The fraction of sp³-hybridized carbons (Fsp3) is 0.500. The van der Waals surface area contributed by atoms with Crippen LogP contribution < -0.4 is 5.32 Å². The Bertz CT molecular complexity index is 1030. The van der Waals surface area contributed by atoms with E-state index in [1.807, 2.05) is 31.2 Å². The lowest BCUT2D eigenvalue weighted by atomic mass is 9.60. The molecule has 0 saturated heterocycles. The van der Waals surface area contributed by atoms with Gasteiger partial charge in [-0.05, 0) is 43.6 Å². The van der Waals surface area contributed by atoms with Crippen LogP contribution >= 0.6 is 23.1 Å². The summed E-state index contributed by atoms with van der Waals surface area (Å²) in [7, 11) is 0. The molecule has 1 aliphatic rings. The van der Waals surface area contributed by atoms with Crippen LogP contribution in [0.2, 0.25) is 0 Å². The number of furan rings is 1. The molecular formula is C22H27N3O3S2. The van der Waals surface area contributed by atoms with Gasteiger partial charge in [-0.3, -0.25) is 4.79 Å². The molecule has 6 nitrogen and oxygen atoms in total. The molecule has 30 heavy (non-hydrogen) atoms. The van der Waals surface area contributed by atoms with E-state index in [0.717, 1.165) is 45.1 Å². The summed E-state index contributed by atoms with van der Waals surface area (Å²) in [4.78, 5) is 13.1. The van der Waals surface area contributed by atoms with Crippen molar-refractivity contribution in [1.29, 1.82) is 0 Å². The van der Waals surface area contributed by atoms with Crippen molar-refractivity contribution >= 4 is 40.0 Å². The fourth-order valence-corrected chi connectivity index (χ4v) is 6.05. The molecule has 0 unspecified atom stereocenters. The lowest BCUT2D eigenvalue weighted by molar-refractivity contribution is 0.0405. The second-order valence-corrected chi connectivity index (χ2v) is 10.5. The minimum atomic E-state index is -0.169. The van der Waals surface area contributed by atoms with Crippen molar-refractivity contribution in [2.24, 2.45) is 11.3 Å². The van der Waals surface area contributed by atoms with E-state index in [9.17, 15) is 9.90 Å². The molecule has 4 rings (SSSR count). The number of nitrogens with zero attached hydrogens (tertiary/aromatic N) is 2. The zero-order chi connectivity index (χ0) is 21.1. The Morgan fingerprint density at radius 1 is 1.37 bits per heavy atom. The van der Waals surface area contributed by atoms with E-state index in [2.05, 4.69) is 22.4 Å². The van der Waals surface area contributed by atoms with E-state index in [0.29, 0.717) is 24.0 Å². The first-order valence-electron chi connectivity index (χ1n) is 10.3. The minimum Gasteiger partial charge on any atom is -0.451 e. The van der Waals surface area contributed by atoms with Crippen LogP contribution in [0, 0.1) is 18.3 Å². The maximum atomic E-state index is 13.1. The number of benzene rings is 1. The van der Waals surface area contributed by atoms with E-state index in [4.69, 9.17) is 4.42 Å². The Morgan fingerprint density at radius 2 is 2.17 bits per heavy atom. The third-order valence-electron chi connectivity index (χ3n) is 6.31. The summed E-state index contributed by atoms with van der Waals surface area (Å²) < 4.78 is 6.87. The van der Waals surface area contributed by atoms with Gasteiger partial charge in [0.2, 0.25) is 0 Å². The van der Waals surface area contributed by atoms with Gasteiger partial charge in [0.15, 0.2) is 10.1 Å². The number of para-hydroxylation sites is 1. The fourth-order valence-electron chi connectivity index (χ4n) is 4.21. The normalized spacial score (nSPS) is 16.4. The van der Waals surface area contributed by atoms with Crippen LogP contribution in [0.3, 0.4) is 0 Å². The molecule has 1 amide bonds. The Balaban J connectivity index is 1.53. The lowest BCUT2D eigenvalue weighted by Gasteiger charge is -2.46. The molecule has 3 aromatic rings. The number of aromatic nitrogens is 2. The van der Waals surface area contributed by atoms with Crippen LogP contribution in [0.5, 0.6) is 0 Å². The van der Waals surface area contributed by atoms with Crippen molar-refractivity contribution in [2.45, 2.75) is 49.6 Å². The number of carbonyl (C=O) groups excluding carboxylic acids is 1. The molecule has 2 N–H and O–H groups in total. The van der Waals surface area contributed by atoms with E-state index in [1.165, 1.54) is 6.42 Å². The van der Waals surface area contributed by atoms with Crippen LogP contribution in [0.15, 0.2) is 33.0 Å². The predicted molar refractivity (Wildman–Crippen MR) is 120 cm³/mol. The highest BCUT2D eigenvalue weighted by atomic mass is 32.2. The average Bonchev–Trinajstić information content (AvgIpc) is 3.28. The second-order valence-electron chi connectivity index (χ2n) is 8.09. The molecule has 1 aromatic carbocycles. The van der Waals surface area contributed by atoms with Gasteiger partial charge in [0.05, 0.1) is 0 Å². The zero-order valence-corrected chi connectivity index (χ0v) is 18.9. The molecule has 0 spiro atoms. The van der Waals surface area contributed by atoms with Crippen molar-refractivity contribution < 1.29 is 14.3 Å². The highest BCUT2D eigenvalue weighted by Crippen LogP contribution is 2.47. The molecular weight excluding hydrogens is 418 g/mol. The molecule has 8 heteroatoms. The number of nitrogens with one attached hydrogen (secondary N) is 1. The van der Waals surface area contributed by atoms with E-state index in [1.54, 1.807) is 23.1 Å². The Morgan fingerprint density at radius 3 is 2.83 bits per heavy atom. The summed E-state index contributed by atoms with van der Waals surface area (Å²) in [5.74, 6) is 1.19. The van der Waals surface area contributed by atoms with Crippen LogP contribution in [0.4, 0.5) is 0 Å². The van der Waals surface area contributed by atoms with Crippen molar-refractivity contribution in [2.75, 3.05) is 13.2 Å². The highest BCUT2D eigenvalue weighted by molar-refractivity contribution is 8.00. The van der Waals surface area contributed by atoms with Gasteiger partial charge in [0, 0.05) is 29.9 Å². The number of hydrogen-bond acceptors (Lipinski definition) is 7. The first-order valence-corrected chi connectivity index (χ1v) is 12.1. The highest BCUT2D eigenvalue weighted by Gasteiger charge is 2.41. The summed E-state index contributed by atoms with van der Waals surface area (Å²) >= 11 is 3.12. The molecule has 0 radical (unpaired) electrons. The van der Waals surface area contributed by atoms with E-state index >= 15 is 0 Å². The molecule has 1 saturated carbocycles. The van der Waals surface area contributed by atoms with Crippen molar-refractivity contribution in [3.63, 3.8) is 0 Å². The van der Waals surface area contributed by atoms with Gasteiger partial charge in [-0.2, -0.15) is 0 Å². The number of rotatable bonds is 9. The molecule has 2 aromatic heterocycles. The number of aryl methyl sites for hydroxylation is 1. The predicted octanol–water partition coefficient (Wildman–Crippen LogP) is 4.80. The first-order chi connectivity index (χ1) is 14.5. The number of fused-ring (bicyclic) bond motifs is 1.